The summed E-state index contributed by atoms with van der Waals surface area (Å²) in [4.78, 5) is 0. The Morgan fingerprint density at radius 2 is 1.77 bits per heavy atom. The molecule has 0 heterocycles. The van der Waals surface area contributed by atoms with Gasteiger partial charge in [0.25, 0.3) is 0 Å². The normalized spacial score (nSPS) is 13.7. The van der Waals surface area contributed by atoms with Crippen molar-refractivity contribution in [1.82, 2.24) is 0 Å². The van der Waals surface area contributed by atoms with Crippen LogP contribution in [0.25, 0.3) is 17.2 Å². The molecule has 3 rings (SSSR count). The van der Waals surface area contributed by atoms with E-state index >= 15 is 0 Å². The summed E-state index contributed by atoms with van der Waals surface area (Å²) in [6.45, 7) is 14.3. The first kappa shape index (κ1) is 18.8. The number of hydrogen-bond donors (Lipinski definition) is 0. The second kappa shape index (κ2) is 7.31. The van der Waals surface area contributed by atoms with Crippen LogP contribution >= 0.6 is 0 Å². The third-order valence-corrected chi connectivity index (χ3v) is 5.07. The summed E-state index contributed by atoms with van der Waals surface area (Å²) in [6.07, 6.45) is 4.54. The third-order valence-electron chi connectivity index (χ3n) is 5.07. The van der Waals surface area contributed by atoms with E-state index in [9.17, 15) is 0 Å². The van der Waals surface area contributed by atoms with Crippen molar-refractivity contribution in [2.75, 3.05) is 6.61 Å². The van der Waals surface area contributed by atoms with Gasteiger partial charge in [0, 0.05) is 11.1 Å². The molecular weight excluding hydrogens is 316 g/mol. The Kier molecular flexibility index (Phi) is 5.27. The molecular formula is C25H32O. The summed E-state index contributed by atoms with van der Waals surface area (Å²) in [5, 5.41) is 0. The van der Waals surface area contributed by atoms with Gasteiger partial charge in [0.2, 0.25) is 0 Å². The second-order valence-electron chi connectivity index (χ2n) is 8.85. The zero-order chi connectivity index (χ0) is 18.9. The average molecular weight is 349 g/mol. The minimum atomic E-state index is 0.0354. The van der Waals surface area contributed by atoms with Crippen molar-refractivity contribution in [3.05, 3.63) is 58.7 Å². The van der Waals surface area contributed by atoms with E-state index in [1.807, 2.05) is 0 Å². The fourth-order valence-corrected chi connectivity index (χ4v) is 3.64. The highest BCUT2D eigenvalue weighted by atomic mass is 16.5. The molecule has 0 unspecified atom stereocenters. The van der Waals surface area contributed by atoms with E-state index < -0.39 is 0 Å². The monoisotopic (exact) mass is 348 g/mol. The fourth-order valence-electron chi connectivity index (χ4n) is 3.64. The van der Waals surface area contributed by atoms with Crippen molar-refractivity contribution < 1.29 is 4.74 Å². The van der Waals surface area contributed by atoms with Crippen molar-refractivity contribution in [1.29, 1.82) is 0 Å². The topological polar surface area (TPSA) is 9.23 Å². The number of allylic oxidation sites excluding steroid dienone is 1. The maximum Gasteiger partial charge on any atom is 0.131 e. The van der Waals surface area contributed by atoms with Crippen LogP contribution in [0.2, 0.25) is 0 Å². The first-order valence-corrected chi connectivity index (χ1v) is 9.89. The molecule has 138 valence electrons. The van der Waals surface area contributed by atoms with Crippen molar-refractivity contribution in [2.45, 2.75) is 59.8 Å². The summed E-state index contributed by atoms with van der Waals surface area (Å²) in [5.41, 5.74) is 8.23. The number of benzene rings is 2. The van der Waals surface area contributed by atoms with Crippen LogP contribution in [0, 0.1) is 5.92 Å². The van der Waals surface area contributed by atoms with Gasteiger partial charge in [-0.3, -0.25) is 0 Å². The highest BCUT2D eigenvalue weighted by Crippen LogP contribution is 2.46. The number of ether oxygens (including phenoxy) is 1. The lowest BCUT2D eigenvalue weighted by atomic mass is 9.81. The predicted octanol–water partition coefficient (Wildman–Crippen LogP) is 7.04. The zero-order valence-electron chi connectivity index (χ0n) is 17.1. The molecule has 1 heteroatoms. The van der Waals surface area contributed by atoms with E-state index in [2.05, 4.69) is 84.0 Å². The Labute approximate surface area is 159 Å². The molecule has 0 spiro atoms. The molecule has 0 saturated heterocycles. The van der Waals surface area contributed by atoms with Crippen molar-refractivity contribution in [3.63, 3.8) is 0 Å². The van der Waals surface area contributed by atoms with Gasteiger partial charge in [0.1, 0.15) is 5.75 Å². The van der Waals surface area contributed by atoms with E-state index in [1.54, 1.807) is 0 Å². The molecule has 26 heavy (non-hydrogen) atoms. The molecule has 0 N–H and O–H groups in total. The zero-order valence-corrected chi connectivity index (χ0v) is 17.1. The van der Waals surface area contributed by atoms with Gasteiger partial charge in [0.05, 0.1) is 6.61 Å². The third kappa shape index (κ3) is 3.72. The minimum Gasteiger partial charge on any atom is -0.492 e. The number of hydrogen-bond acceptors (Lipinski definition) is 1. The average Bonchev–Trinajstić information content (AvgIpc) is 3.01. The lowest BCUT2D eigenvalue weighted by Crippen LogP contribution is -2.17. The van der Waals surface area contributed by atoms with Gasteiger partial charge >= 0.3 is 0 Å². The maximum absolute atomic E-state index is 6.48. The van der Waals surface area contributed by atoms with Gasteiger partial charge in [-0.2, -0.15) is 0 Å². The van der Waals surface area contributed by atoms with E-state index in [4.69, 9.17) is 4.74 Å². The standard InChI is InChI=1S/C25H32O/c1-7-18-13-20-15-22(25(4,5)6)24(26-16-17(2)3)23(21(20)14-18)19-11-9-8-10-12-19/h8-13,15,17H,7,14,16H2,1-6H3. The van der Waals surface area contributed by atoms with Crippen molar-refractivity contribution in [3.8, 4) is 16.9 Å². The molecule has 0 aromatic heterocycles. The van der Waals surface area contributed by atoms with E-state index in [-0.39, 0.29) is 5.41 Å². The summed E-state index contributed by atoms with van der Waals surface area (Å²) >= 11 is 0. The second-order valence-corrected chi connectivity index (χ2v) is 8.85. The van der Waals surface area contributed by atoms with Crippen LogP contribution in [-0.2, 0) is 11.8 Å². The molecule has 2 aromatic rings. The summed E-state index contributed by atoms with van der Waals surface area (Å²) < 4.78 is 6.48. The van der Waals surface area contributed by atoms with Crippen molar-refractivity contribution in [2.24, 2.45) is 5.92 Å². The molecule has 0 atom stereocenters. The van der Waals surface area contributed by atoms with Crippen LogP contribution in [0.5, 0.6) is 5.75 Å². The van der Waals surface area contributed by atoms with Crippen LogP contribution < -0.4 is 4.74 Å². The minimum absolute atomic E-state index is 0.0354. The van der Waals surface area contributed by atoms with E-state index in [0.29, 0.717) is 5.92 Å². The van der Waals surface area contributed by atoms with Gasteiger partial charge < -0.3 is 4.74 Å². The van der Waals surface area contributed by atoms with Gasteiger partial charge in [-0.25, -0.2) is 0 Å². The van der Waals surface area contributed by atoms with Gasteiger partial charge in [-0.05, 0) is 46.9 Å². The van der Waals surface area contributed by atoms with E-state index in [0.717, 1.165) is 25.2 Å². The molecule has 0 amide bonds. The van der Waals surface area contributed by atoms with Gasteiger partial charge in [-0.15, -0.1) is 0 Å². The van der Waals surface area contributed by atoms with Gasteiger partial charge in [-0.1, -0.05) is 83.5 Å². The number of fused-ring (bicyclic) bond motifs is 1. The summed E-state index contributed by atoms with van der Waals surface area (Å²) in [5.74, 6) is 1.59. The Balaban J connectivity index is 2.27. The Hall–Kier alpha value is -2.02. The van der Waals surface area contributed by atoms with Crippen LogP contribution in [-0.4, -0.2) is 6.61 Å². The molecule has 1 nitrogen and oxygen atoms in total. The Bertz CT molecular complexity index is 804. The number of rotatable bonds is 5. The highest BCUT2D eigenvalue weighted by Gasteiger charge is 2.28. The lowest BCUT2D eigenvalue weighted by molar-refractivity contribution is 0.266. The maximum atomic E-state index is 6.48. The van der Waals surface area contributed by atoms with Gasteiger partial charge in [0.15, 0.2) is 0 Å². The molecule has 0 radical (unpaired) electrons. The molecule has 1 aliphatic rings. The fraction of sp³-hybridized carbons (Fsp3) is 0.440. The Morgan fingerprint density at radius 3 is 2.35 bits per heavy atom. The lowest BCUT2D eigenvalue weighted by Gasteiger charge is -2.28. The Morgan fingerprint density at radius 1 is 1.08 bits per heavy atom. The molecule has 1 aliphatic carbocycles. The quantitative estimate of drug-likeness (QED) is 0.563. The van der Waals surface area contributed by atoms with Crippen LogP contribution in [0.3, 0.4) is 0 Å². The first-order valence-electron chi connectivity index (χ1n) is 9.89. The summed E-state index contributed by atoms with van der Waals surface area (Å²) in [7, 11) is 0. The van der Waals surface area contributed by atoms with Crippen molar-refractivity contribution >= 4 is 6.08 Å². The molecule has 0 fully saturated rings. The highest BCUT2D eigenvalue weighted by molar-refractivity contribution is 5.83. The SMILES string of the molecule is CCC1=Cc2cc(C(C)(C)C)c(OCC(C)C)c(-c3ccccc3)c2C1. The largest absolute Gasteiger partial charge is 0.492 e. The summed E-state index contributed by atoms with van der Waals surface area (Å²) in [6, 6.07) is 13.1. The predicted molar refractivity (Wildman–Crippen MR) is 113 cm³/mol. The molecule has 0 saturated carbocycles. The molecule has 2 aromatic carbocycles. The van der Waals surface area contributed by atoms with Crippen LogP contribution in [0.15, 0.2) is 42.0 Å². The first-order chi connectivity index (χ1) is 12.3. The van der Waals surface area contributed by atoms with Crippen LogP contribution in [0.1, 0.15) is 64.7 Å². The van der Waals surface area contributed by atoms with E-state index in [1.165, 1.54) is 33.4 Å². The molecule has 0 bridgehead atoms. The smallest absolute Gasteiger partial charge is 0.131 e. The van der Waals surface area contributed by atoms with Crippen LogP contribution in [0.4, 0.5) is 0 Å². The molecule has 0 aliphatic heterocycles.